The second-order valence-electron chi connectivity index (χ2n) is 7.22. The number of benzene rings is 2. The van der Waals surface area contributed by atoms with E-state index in [0.29, 0.717) is 52.8 Å². The quantitative estimate of drug-likeness (QED) is 0.549. The van der Waals surface area contributed by atoms with Crippen molar-refractivity contribution in [3.8, 4) is 28.6 Å². The number of nitriles is 1. The molecule has 0 saturated carbocycles. The van der Waals surface area contributed by atoms with Gasteiger partial charge in [-0.2, -0.15) is 5.26 Å². The van der Waals surface area contributed by atoms with Crippen molar-refractivity contribution in [3.63, 3.8) is 0 Å². The Balaban J connectivity index is 1.62. The molecule has 1 N–H and O–H groups in total. The molecule has 0 aliphatic carbocycles. The molecule has 3 heterocycles. The number of halogens is 1. The number of hydrogen-bond acceptors (Lipinski definition) is 5. The Kier molecular flexibility index (Phi) is 4.56. The average molecular weight is 412 g/mol. The molecule has 152 valence electrons. The van der Waals surface area contributed by atoms with Gasteiger partial charge in [0.05, 0.1) is 28.6 Å². The molecule has 5 rings (SSSR count). The van der Waals surface area contributed by atoms with E-state index in [-0.39, 0.29) is 11.4 Å². The smallest absolute Gasteiger partial charge is 0.275 e. The molecule has 8 heteroatoms. The molecular weight excluding hydrogens is 395 g/mol. The van der Waals surface area contributed by atoms with Crippen LogP contribution >= 0.6 is 0 Å². The van der Waals surface area contributed by atoms with Crippen molar-refractivity contribution < 1.29 is 4.39 Å². The molecule has 31 heavy (non-hydrogen) atoms. The third kappa shape index (κ3) is 3.36. The van der Waals surface area contributed by atoms with Gasteiger partial charge in [-0.1, -0.05) is 18.2 Å². The summed E-state index contributed by atoms with van der Waals surface area (Å²) in [5.74, 6) is -0.00563. The van der Waals surface area contributed by atoms with Gasteiger partial charge in [0.25, 0.3) is 5.56 Å². The number of anilines is 2. The zero-order valence-corrected chi connectivity index (χ0v) is 16.4. The lowest BCUT2D eigenvalue weighted by Gasteiger charge is -2.10. The third-order valence-corrected chi connectivity index (χ3v) is 5.25. The summed E-state index contributed by atoms with van der Waals surface area (Å²) in [7, 11) is 0. The van der Waals surface area contributed by atoms with E-state index in [0.717, 1.165) is 6.42 Å². The number of rotatable bonds is 4. The predicted octanol–water partition coefficient (Wildman–Crippen LogP) is 3.93. The van der Waals surface area contributed by atoms with E-state index in [1.54, 1.807) is 47.3 Å². The molecule has 0 saturated heterocycles. The second kappa shape index (κ2) is 7.54. The Morgan fingerprint density at radius 1 is 1.06 bits per heavy atom. The highest BCUT2D eigenvalue weighted by molar-refractivity contribution is 5.79. The van der Waals surface area contributed by atoms with Crippen LogP contribution in [0.5, 0.6) is 0 Å². The van der Waals surface area contributed by atoms with E-state index >= 15 is 0 Å². The van der Waals surface area contributed by atoms with Crippen LogP contribution in [0.25, 0.3) is 22.5 Å². The molecule has 2 aromatic carbocycles. The van der Waals surface area contributed by atoms with Gasteiger partial charge in [-0.05, 0) is 48.4 Å². The van der Waals surface area contributed by atoms with E-state index in [9.17, 15) is 9.18 Å². The molecular formula is C23H17FN6O. The molecule has 1 aliphatic heterocycles. The van der Waals surface area contributed by atoms with Gasteiger partial charge in [0.1, 0.15) is 5.82 Å². The maximum atomic E-state index is 13.5. The first-order chi connectivity index (χ1) is 15.1. The fourth-order valence-electron chi connectivity index (χ4n) is 3.90. The number of aromatic nitrogens is 4. The van der Waals surface area contributed by atoms with E-state index < -0.39 is 0 Å². The Bertz CT molecular complexity index is 1380. The molecule has 7 nitrogen and oxygen atoms in total. The van der Waals surface area contributed by atoms with Crippen molar-refractivity contribution in [1.29, 1.82) is 5.26 Å². The predicted molar refractivity (Wildman–Crippen MR) is 114 cm³/mol. The lowest BCUT2D eigenvalue weighted by Crippen LogP contribution is -2.17. The van der Waals surface area contributed by atoms with Crippen molar-refractivity contribution in [2.75, 3.05) is 5.32 Å². The van der Waals surface area contributed by atoms with E-state index in [1.807, 2.05) is 10.7 Å². The van der Waals surface area contributed by atoms with Crippen LogP contribution in [0.1, 0.15) is 12.0 Å². The molecule has 0 unspecified atom stereocenters. The standard InChI is InChI=1S/C23H17FN6O/c24-17-7-5-16(6-8-17)20-21(29-11-2-12-30(29)22(20)31)19-9-10-26-23(28-19)27-18-4-1-3-15(13-18)14-25/h1,3-10,13H,2,11-12H2,(H,26,27,28). The van der Waals surface area contributed by atoms with Crippen LogP contribution in [0.15, 0.2) is 65.6 Å². The third-order valence-electron chi connectivity index (χ3n) is 5.25. The number of nitrogens with one attached hydrogen (secondary N) is 1. The lowest BCUT2D eigenvalue weighted by atomic mass is 10.0. The Labute approximate surface area is 177 Å². The van der Waals surface area contributed by atoms with Gasteiger partial charge < -0.3 is 5.32 Å². The molecule has 0 amide bonds. The molecule has 0 atom stereocenters. The fraction of sp³-hybridized carbons (Fsp3) is 0.130. The van der Waals surface area contributed by atoms with Gasteiger partial charge in [0, 0.05) is 25.0 Å². The molecule has 2 aromatic heterocycles. The maximum absolute atomic E-state index is 13.5. The topological polar surface area (TPSA) is 88.5 Å². The zero-order chi connectivity index (χ0) is 21.4. The highest BCUT2D eigenvalue weighted by Crippen LogP contribution is 2.32. The van der Waals surface area contributed by atoms with Crippen molar-refractivity contribution in [2.45, 2.75) is 19.5 Å². The summed E-state index contributed by atoms with van der Waals surface area (Å²) in [6.45, 7) is 1.33. The summed E-state index contributed by atoms with van der Waals surface area (Å²) < 4.78 is 17.1. The van der Waals surface area contributed by atoms with Crippen LogP contribution in [0.2, 0.25) is 0 Å². The minimum Gasteiger partial charge on any atom is -0.324 e. The minimum absolute atomic E-state index is 0.117. The van der Waals surface area contributed by atoms with E-state index in [4.69, 9.17) is 5.26 Å². The van der Waals surface area contributed by atoms with E-state index in [1.165, 1.54) is 12.1 Å². The largest absolute Gasteiger partial charge is 0.324 e. The lowest BCUT2D eigenvalue weighted by molar-refractivity contribution is 0.599. The SMILES string of the molecule is N#Cc1cccc(Nc2nccc(-c3c(-c4ccc(F)cc4)c(=O)n4n3CCC4)n2)c1. The van der Waals surface area contributed by atoms with Crippen LogP contribution in [-0.2, 0) is 13.1 Å². The molecule has 0 spiro atoms. The fourth-order valence-corrected chi connectivity index (χ4v) is 3.90. The first-order valence-electron chi connectivity index (χ1n) is 9.84. The summed E-state index contributed by atoms with van der Waals surface area (Å²) in [5, 5.41) is 12.2. The monoisotopic (exact) mass is 412 g/mol. The molecule has 0 radical (unpaired) electrons. The summed E-state index contributed by atoms with van der Waals surface area (Å²) >= 11 is 0. The summed E-state index contributed by atoms with van der Waals surface area (Å²) in [6, 6.07) is 16.8. The van der Waals surface area contributed by atoms with Gasteiger partial charge in [-0.15, -0.1) is 0 Å². The minimum atomic E-state index is -0.356. The first kappa shape index (κ1) is 18.8. The number of hydrogen-bond donors (Lipinski definition) is 1. The number of fused-ring (bicyclic) bond motifs is 1. The van der Waals surface area contributed by atoms with Crippen LogP contribution in [-0.4, -0.2) is 19.3 Å². The molecule has 0 bridgehead atoms. The Hall–Kier alpha value is -4.25. The molecule has 1 aliphatic rings. The Morgan fingerprint density at radius 3 is 2.68 bits per heavy atom. The average Bonchev–Trinajstić information content (AvgIpc) is 3.37. The second-order valence-corrected chi connectivity index (χ2v) is 7.22. The van der Waals surface area contributed by atoms with Crippen molar-refractivity contribution in [1.82, 2.24) is 19.3 Å². The van der Waals surface area contributed by atoms with E-state index in [2.05, 4.69) is 21.4 Å². The first-order valence-corrected chi connectivity index (χ1v) is 9.84. The highest BCUT2D eigenvalue weighted by atomic mass is 19.1. The van der Waals surface area contributed by atoms with Gasteiger partial charge in [0.15, 0.2) is 0 Å². The summed E-state index contributed by atoms with van der Waals surface area (Å²) in [6.07, 6.45) is 2.49. The Morgan fingerprint density at radius 2 is 1.87 bits per heavy atom. The normalized spacial score (nSPS) is 12.4. The van der Waals surface area contributed by atoms with Crippen molar-refractivity contribution >= 4 is 11.6 Å². The van der Waals surface area contributed by atoms with Crippen LogP contribution in [0.3, 0.4) is 0 Å². The zero-order valence-electron chi connectivity index (χ0n) is 16.4. The molecule has 0 fully saturated rings. The van der Waals surface area contributed by atoms with Crippen molar-refractivity contribution in [2.24, 2.45) is 0 Å². The summed E-state index contributed by atoms with van der Waals surface area (Å²) in [4.78, 5) is 22.1. The van der Waals surface area contributed by atoms with Gasteiger partial charge in [-0.25, -0.2) is 19.0 Å². The highest BCUT2D eigenvalue weighted by Gasteiger charge is 2.26. The molecule has 4 aromatic rings. The maximum Gasteiger partial charge on any atom is 0.275 e. The van der Waals surface area contributed by atoms with Crippen LogP contribution in [0.4, 0.5) is 16.0 Å². The van der Waals surface area contributed by atoms with Gasteiger partial charge in [0.2, 0.25) is 5.95 Å². The van der Waals surface area contributed by atoms with Crippen molar-refractivity contribution in [3.05, 3.63) is 82.5 Å². The number of nitrogens with zero attached hydrogens (tertiary/aromatic N) is 5. The van der Waals surface area contributed by atoms with Crippen LogP contribution < -0.4 is 10.9 Å². The van der Waals surface area contributed by atoms with Crippen LogP contribution in [0, 0.1) is 17.1 Å². The van der Waals surface area contributed by atoms with Gasteiger partial charge >= 0.3 is 0 Å². The van der Waals surface area contributed by atoms with Gasteiger partial charge in [-0.3, -0.25) is 9.48 Å². The summed E-state index contributed by atoms with van der Waals surface area (Å²) in [5.41, 5.74) is 3.51.